The normalized spacial score (nSPS) is 10.4. The van der Waals surface area contributed by atoms with Crippen LogP contribution in [0.2, 0.25) is 0 Å². The zero-order valence-electron chi connectivity index (χ0n) is 8.87. The fourth-order valence-electron chi connectivity index (χ4n) is 1.61. The third-order valence-electron chi connectivity index (χ3n) is 2.44. The second-order valence-electron chi connectivity index (χ2n) is 3.58. The smallest absolute Gasteiger partial charge is 0.309 e. The number of hydrogen-bond donors (Lipinski definition) is 0. The van der Waals surface area contributed by atoms with Crippen molar-refractivity contribution in [1.29, 1.82) is 0 Å². The molecule has 2 aromatic carbocycles. The molecule has 2 aromatic rings. The first-order valence-corrected chi connectivity index (χ1v) is 6.02. The molecule has 2 nitrogen and oxygen atoms in total. The van der Waals surface area contributed by atoms with Crippen LogP contribution in [-0.2, 0) is 16.0 Å². The first-order valence-electron chi connectivity index (χ1n) is 4.94. The predicted molar refractivity (Wildman–Crippen MR) is 72.4 cm³/mol. The molecule has 2 rings (SSSR count). The predicted octanol–water partition coefficient (Wildman–Crippen LogP) is 3.16. The second kappa shape index (κ2) is 4.82. The van der Waals surface area contributed by atoms with E-state index in [0.29, 0.717) is 6.42 Å². The van der Waals surface area contributed by atoms with Gasteiger partial charge >= 0.3 is 5.97 Å². The lowest BCUT2D eigenvalue weighted by atomic mass is 10.1. The summed E-state index contributed by atoms with van der Waals surface area (Å²) < 4.78 is 5.86. The number of ether oxygens (including phenoxy) is 1. The summed E-state index contributed by atoms with van der Waals surface area (Å²) in [6.45, 7) is 0. The summed E-state index contributed by atoms with van der Waals surface area (Å²) in [7, 11) is 1.41. The van der Waals surface area contributed by atoms with E-state index in [1.165, 1.54) is 16.1 Å². The van der Waals surface area contributed by atoms with E-state index >= 15 is 0 Å². The van der Waals surface area contributed by atoms with Crippen LogP contribution in [0.15, 0.2) is 36.4 Å². The molecule has 0 spiro atoms. The van der Waals surface area contributed by atoms with E-state index < -0.39 is 0 Å². The van der Waals surface area contributed by atoms with Gasteiger partial charge in [-0.1, -0.05) is 24.3 Å². The molecule has 0 amide bonds. The number of esters is 1. The van der Waals surface area contributed by atoms with Crippen LogP contribution in [-0.4, -0.2) is 13.1 Å². The van der Waals surface area contributed by atoms with Gasteiger partial charge in [0.2, 0.25) is 0 Å². The molecule has 0 N–H and O–H groups in total. The van der Waals surface area contributed by atoms with E-state index in [0.717, 1.165) is 10.9 Å². The summed E-state index contributed by atoms with van der Waals surface area (Å²) in [5.74, 6) is -0.204. The van der Waals surface area contributed by atoms with Gasteiger partial charge in [-0.05, 0) is 51.1 Å². The van der Waals surface area contributed by atoms with E-state index in [-0.39, 0.29) is 5.97 Å². The summed E-state index contributed by atoms with van der Waals surface area (Å²) in [5.41, 5.74) is 0.987. The van der Waals surface area contributed by atoms with Crippen LogP contribution in [0.25, 0.3) is 10.8 Å². The molecule has 82 valence electrons. The first-order chi connectivity index (χ1) is 7.69. The molecule has 16 heavy (non-hydrogen) atoms. The number of hydrogen-bond acceptors (Lipinski definition) is 2. The highest BCUT2D eigenvalue weighted by molar-refractivity contribution is 14.1. The van der Waals surface area contributed by atoms with Gasteiger partial charge < -0.3 is 4.74 Å². The number of carbonyl (C=O) groups excluding carboxylic acids is 1. The SMILES string of the molecule is COC(=O)Cc1ccc2cc(I)ccc2c1. The van der Waals surface area contributed by atoms with Crippen LogP contribution in [0.3, 0.4) is 0 Å². The number of carbonyl (C=O) groups is 1. The summed E-state index contributed by atoms with van der Waals surface area (Å²) in [5, 5.41) is 2.35. The maximum atomic E-state index is 11.1. The van der Waals surface area contributed by atoms with Crippen LogP contribution < -0.4 is 0 Å². The van der Waals surface area contributed by atoms with Crippen molar-refractivity contribution in [2.24, 2.45) is 0 Å². The minimum Gasteiger partial charge on any atom is -0.469 e. The maximum Gasteiger partial charge on any atom is 0.309 e. The second-order valence-corrected chi connectivity index (χ2v) is 4.82. The fraction of sp³-hybridized carbons (Fsp3) is 0.154. The Balaban J connectivity index is 2.37. The molecule has 0 atom stereocenters. The Morgan fingerprint density at radius 2 is 1.88 bits per heavy atom. The lowest BCUT2D eigenvalue weighted by molar-refractivity contribution is -0.139. The molecule has 0 fully saturated rings. The molecule has 0 aliphatic heterocycles. The van der Waals surface area contributed by atoms with Gasteiger partial charge in [0.25, 0.3) is 0 Å². The van der Waals surface area contributed by atoms with E-state index in [2.05, 4.69) is 45.5 Å². The van der Waals surface area contributed by atoms with Crippen LogP contribution in [0.1, 0.15) is 5.56 Å². The molecule has 0 aromatic heterocycles. The number of fused-ring (bicyclic) bond motifs is 1. The monoisotopic (exact) mass is 326 g/mol. The van der Waals surface area contributed by atoms with Crippen molar-refractivity contribution in [3.63, 3.8) is 0 Å². The van der Waals surface area contributed by atoms with Gasteiger partial charge in [0.05, 0.1) is 13.5 Å². The molecule has 0 saturated heterocycles. The van der Waals surface area contributed by atoms with Gasteiger partial charge in [-0.15, -0.1) is 0 Å². The van der Waals surface area contributed by atoms with Gasteiger partial charge in [0.1, 0.15) is 0 Å². The molecular weight excluding hydrogens is 315 g/mol. The molecule has 0 saturated carbocycles. The zero-order chi connectivity index (χ0) is 11.5. The molecule has 0 unspecified atom stereocenters. The van der Waals surface area contributed by atoms with Crippen molar-refractivity contribution >= 4 is 39.3 Å². The Bertz CT molecular complexity index is 534. The average molecular weight is 326 g/mol. The quantitative estimate of drug-likeness (QED) is 0.626. The number of halogens is 1. The van der Waals surface area contributed by atoms with Crippen molar-refractivity contribution in [1.82, 2.24) is 0 Å². The van der Waals surface area contributed by atoms with Crippen LogP contribution in [0.4, 0.5) is 0 Å². The Morgan fingerprint density at radius 3 is 2.62 bits per heavy atom. The number of methoxy groups -OCH3 is 1. The Morgan fingerprint density at radius 1 is 1.19 bits per heavy atom. The third kappa shape index (κ3) is 2.52. The van der Waals surface area contributed by atoms with Gasteiger partial charge in [-0.2, -0.15) is 0 Å². The Kier molecular flexibility index (Phi) is 3.43. The van der Waals surface area contributed by atoms with Crippen LogP contribution >= 0.6 is 22.6 Å². The minimum atomic E-state index is -0.204. The van der Waals surface area contributed by atoms with Crippen molar-refractivity contribution < 1.29 is 9.53 Å². The first kappa shape index (κ1) is 11.4. The molecule has 0 bridgehead atoms. The highest BCUT2D eigenvalue weighted by Crippen LogP contribution is 2.19. The number of rotatable bonds is 2. The van der Waals surface area contributed by atoms with Gasteiger partial charge in [0.15, 0.2) is 0 Å². The standard InChI is InChI=1S/C13H11IO2/c1-16-13(15)7-9-2-3-11-8-12(14)5-4-10(11)6-9/h2-6,8H,7H2,1H3. The molecule has 0 aliphatic rings. The van der Waals surface area contributed by atoms with E-state index in [1.807, 2.05) is 18.2 Å². The topological polar surface area (TPSA) is 26.3 Å². The van der Waals surface area contributed by atoms with Crippen molar-refractivity contribution in [2.75, 3.05) is 7.11 Å². The minimum absolute atomic E-state index is 0.204. The average Bonchev–Trinajstić information content (AvgIpc) is 2.29. The lowest BCUT2D eigenvalue weighted by Crippen LogP contribution is -2.04. The Labute approximate surface area is 108 Å². The van der Waals surface area contributed by atoms with Crippen LogP contribution in [0.5, 0.6) is 0 Å². The van der Waals surface area contributed by atoms with Gasteiger partial charge in [-0.25, -0.2) is 0 Å². The largest absolute Gasteiger partial charge is 0.469 e. The lowest BCUT2D eigenvalue weighted by Gasteiger charge is -2.03. The van der Waals surface area contributed by atoms with Crippen molar-refractivity contribution in [2.45, 2.75) is 6.42 Å². The molecule has 3 heteroatoms. The highest BCUT2D eigenvalue weighted by atomic mass is 127. The molecule has 0 radical (unpaired) electrons. The van der Waals surface area contributed by atoms with Crippen molar-refractivity contribution in [3.8, 4) is 0 Å². The summed E-state index contributed by atoms with van der Waals surface area (Å²) >= 11 is 2.29. The van der Waals surface area contributed by atoms with Gasteiger partial charge in [0, 0.05) is 3.57 Å². The number of benzene rings is 2. The van der Waals surface area contributed by atoms with Crippen LogP contribution in [0, 0.1) is 3.57 Å². The fourth-order valence-corrected chi connectivity index (χ4v) is 2.13. The molecular formula is C13H11IO2. The molecule has 0 heterocycles. The van der Waals surface area contributed by atoms with E-state index in [1.54, 1.807) is 0 Å². The zero-order valence-corrected chi connectivity index (χ0v) is 11.0. The maximum absolute atomic E-state index is 11.1. The summed E-state index contributed by atoms with van der Waals surface area (Å²) in [4.78, 5) is 11.1. The highest BCUT2D eigenvalue weighted by Gasteiger charge is 2.03. The summed E-state index contributed by atoms with van der Waals surface area (Å²) in [6, 6.07) is 12.3. The van der Waals surface area contributed by atoms with E-state index in [9.17, 15) is 4.79 Å². The third-order valence-corrected chi connectivity index (χ3v) is 3.11. The van der Waals surface area contributed by atoms with Crippen molar-refractivity contribution in [3.05, 3.63) is 45.5 Å². The van der Waals surface area contributed by atoms with Gasteiger partial charge in [-0.3, -0.25) is 4.79 Å². The van der Waals surface area contributed by atoms with E-state index in [4.69, 9.17) is 0 Å². The summed E-state index contributed by atoms with van der Waals surface area (Å²) in [6.07, 6.45) is 0.332. The molecule has 0 aliphatic carbocycles. The Hall–Kier alpha value is -1.10.